The fourth-order valence-electron chi connectivity index (χ4n) is 1.17. The number of hydrogen-bond donors (Lipinski definition) is 4. The first-order chi connectivity index (χ1) is 9.66. The Hall–Kier alpha value is -2.29. The van der Waals surface area contributed by atoms with E-state index in [4.69, 9.17) is 21.4 Å². The molecule has 6 nitrogen and oxygen atoms in total. The summed E-state index contributed by atoms with van der Waals surface area (Å²) in [5.41, 5.74) is 12.7. The van der Waals surface area contributed by atoms with E-state index in [1.54, 1.807) is 0 Å². The summed E-state index contributed by atoms with van der Waals surface area (Å²) in [6.45, 7) is 1.12. The highest BCUT2D eigenvalue weighted by Crippen LogP contribution is 2.13. The van der Waals surface area contributed by atoms with Crippen LogP contribution in [0.3, 0.4) is 0 Å². The first kappa shape index (κ1) is 18.7. The van der Waals surface area contributed by atoms with Gasteiger partial charge >= 0.3 is 18.2 Å². The highest BCUT2D eigenvalue weighted by Gasteiger charge is 2.38. The Morgan fingerprint density at radius 2 is 1.57 bits per heavy atom. The summed E-state index contributed by atoms with van der Waals surface area (Å²) in [5, 5.41) is 9.66. The van der Waals surface area contributed by atoms with Gasteiger partial charge in [-0.2, -0.15) is 13.2 Å². The highest BCUT2D eigenvalue weighted by molar-refractivity contribution is 5.73. The number of urea groups is 1. The molecule has 0 aliphatic rings. The number of carbonyl (C=O) groups is 2. The fourth-order valence-corrected chi connectivity index (χ4v) is 1.17. The fraction of sp³-hybridized carbons (Fsp3) is 0.333. The summed E-state index contributed by atoms with van der Waals surface area (Å²) in [6.07, 6.45) is -4.30. The molecule has 0 heterocycles. The van der Waals surface area contributed by atoms with E-state index in [9.17, 15) is 18.0 Å². The molecule has 0 bridgehead atoms. The molecule has 6 N–H and O–H groups in total. The molecule has 21 heavy (non-hydrogen) atoms. The van der Waals surface area contributed by atoms with Crippen molar-refractivity contribution in [3.63, 3.8) is 0 Å². The quantitative estimate of drug-likeness (QED) is 0.663. The minimum atomic E-state index is -5.08. The molecular weight excluding hydrogens is 291 g/mol. The number of alkyl halides is 3. The van der Waals surface area contributed by atoms with Gasteiger partial charge in [-0.25, -0.2) is 9.59 Å². The van der Waals surface area contributed by atoms with E-state index in [-0.39, 0.29) is 0 Å². The molecule has 0 saturated carbocycles. The van der Waals surface area contributed by atoms with Crippen molar-refractivity contribution < 1.29 is 27.9 Å². The van der Waals surface area contributed by atoms with Crippen molar-refractivity contribution in [2.24, 2.45) is 11.5 Å². The van der Waals surface area contributed by atoms with Gasteiger partial charge in [-0.1, -0.05) is 24.3 Å². The van der Waals surface area contributed by atoms with E-state index >= 15 is 0 Å². The normalized spacial score (nSPS) is 10.3. The van der Waals surface area contributed by atoms with E-state index in [2.05, 4.69) is 5.32 Å². The van der Waals surface area contributed by atoms with Gasteiger partial charge < -0.3 is 21.9 Å². The lowest BCUT2D eigenvalue weighted by Gasteiger charge is -2.03. The zero-order valence-electron chi connectivity index (χ0n) is 11.0. The number of carboxylic acid groups (broad SMARTS) is 1. The molecule has 0 aromatic heterocycles. The van der Waals surface area contributed by atoms with Crippen molar-refractivity contribution in [1.29, 1.82) is 0 Å². The third-order valence-electron chi connectivity index (χ3n) is 2.21. The summed E-state index contributed by atoms with van der Waals surface area (Å²) in [4.78, 5) is 19.3. The van der Waals surface area contributed by atoms with Crippen LogP contribution in [0.25, 0.3) is 0 Å². The molecular formula is C12H16F3N3O3. The van der Waals surface area contributed by atoms with Gasteiger partial charge in [0.25, 0.3) is 0 Å². The van der Waals surface area contributed by atoms with Gasteiger partial charge in [0.05, 0.1) is 0 Å². The lowest BCUT2D eigenvalue weighted by Crippen LogP contribution is -2.30. The van der Waals surface area contributed by atoms with Gasteiger partial charge in [0.15, 0.2) is 0 Å². The van der Waals surface area contributed by atoms with E-state index < -0.39 is 18.2 Å². The number of aliphatic carboxylic acids is 1. The van der Waals surface area contributed by atoms with Crippen LogP contribution in [-0.4, -0.2) is 29.8 Å². The molecule has 118 valence electrons. The predicted octanol–water partition coefficient (Wildman–Crippen LogP) is 0.989. The lowest BCUT2D eigenvalue weighted by atomic mass is 10.1. The molecule has 0 aliphatic carbocycles. The molecule has 0 atom stereocenters. The zero-order chi connectivity index (χ0) is 16.5. The number of nitrogens with one attached hydrogen (secondary N) is 1. The van der Waals surface area contributed by atoms with Gasteiger partial charge in [0, 0.05) is 13.1 Å². The van der Waals surface area contributed by atoms with Crippen LogP contribution in [0.2, 0.25) is 0 Å². The molecule has 0 aliphatic heterocycles. The van der Waals surface area contributed by atoms with Crippen LogP contribution < -0.4 is 16.8 Å². The number of carbonyl (C=O) groups excluding carboxylic acids is 1. The van der Waals surface area contributed by atoms with E-state index in [0.29, 0.717) is 13.1 Å². The van der Waals surface area contributed by atoms with Gasteiger partial charge in [-0.05, 0) is 17.5 Å². The van der Waals surface area contributed by atoms with Crippen LogP contribution >= 0.6 is 0 Å². The van der Waals surface area contributed by atoms with Crippen molar-refractivity contribution in [3.8, 4) is 0 Å². The summed E-state index contributed by atoms with van der Waals surface area (Å²) in [7, 11) is 0. The Bertz CT molecular complexity index is 461. The minimum Gasteiger partial charge on any atom is -0.475 e. The Morgan fingerprint density at radius 1 is 1.14 bits per heavy atom. The molecule has 9 heteroatoms. The molecule has 0 fully saturated rings. The smallest absolute Gasteiger partial charge is 0.475 e. The number of carboxylic acids is 1. The van der Waals surface area contributed by atoms with Crippen LogP contribution in [0.5, 0.6) is 0 Å². The molecule has 0 saturated heterocycles. The minimum absolute atomic E-state index is 0.483. The van der Waals surface area contributed by atoms with Crippen molar-refractivity contribution in [1.82, 2.24) is 5.32 Å². The standard InChI is InChI=1S/C10H15N3O.C2HF3O2/c11-7-9-3-1-8(2-4-9)5-6-13-10(12)14;3-2(4,5)1(6)7/h1-4H,5-7,11H2,(H3,12,13,14);(H,6,7). The highest BCUT2D eigenvalue weighted by atomic mass is 19.4. The molecule has 0 spiro atoms. The van der Waals surface area contributed by atoms with Crippen LogP contribution in [0.15, 0.2) is 24.3 Å². The number of rotatable bonds is 4. The molecule has 0 radical (unpaired) electrons. The first-order valence-corrected chi connectivity index (χ1v) is 5.78. The molecule has 1 aromatic rings. The van der Waals surface area contributed by atoms with Crippen molar-refractivity contribution >= 4 is 12.0 Å². The van der Waals surface area contributed by atoms with Gasteiger partial charge in [-0.3, -0.25) is 0 Å². The van der Waals surface area contributed by atoms with Crippen molar-refractivity contribution in [2.45, 2.75) is 19.1 Å². The van der Waals surface area contributed by atoms with Crippen LogP contribution in [0, 0.1) is 0 Å². The Morgan fingerprint density at radius 3 is 1.90 bits per heavy atom. The lowest BCUT2D eigenvalue weighted by molar-refractivity contribution is -0.192. The number of amides is 2. The van der Waals surface area contributed by atoms with Crippen molar-refractivity contribution in [3.05, 3.63) is 35.4 Å². The van der Waals surface area contributed by atoms with E-state index in [0.717, 1.165) is 17.5 Å². The van der Waals surface area contributed by atoms with E-state index in [1.807, 2.05) is 24.3 Å². The average molecular weight is 307 g/mol. The van der Waals surface area contributed by atoms with Crippen LogP contribution in [-0.2, 0) is 17.8 Å². The molecule has 0 unspecified atom stereocenters. The second-order valence-electron chi connectivity index (χ2n) is 3.86. The summed E-state index contributed by atoms with van der Waals surface area (Å²) < 4.78 is 31.7. The number of primary amides is 1. The molecule has 1 aromatic carbocycles. The maximum atomic E-state index is 10.6. The Kier molecular flexibility index (Phi) is 7.84. The first-order valence-electron chi connectivity index (χ1n) is 5.78. The summed E-state index contributed by atoms with van der Waals surface area (Å²) in [5.74, 6) is -2.76. The monoisotopic (exact) mass is 307 g/mol. The van der Waals surface area contributed by atoms with Crippen LogP contribution in [0.1, 0.15) is 11.1 Å². The number of benzene rings is 1. The SMILES string of the molecule is NCc1ccc(CCNC(N)=O)cc1.O=C(O)C(F)(F)F. The second kappa shape index (κ2) is 8.80. The second-order valence-corrected chi connectivity index (χ2v) is 3.86. The summed E-state index contributed by atoms with van der Waals surface area (Å²) in [6, 6.07) is 7.50. The average Bonchev–Trinajstić information content (AvgIpc) is 2.38. The van der Waals surface area contributed by atoms with Gasteiger partial charge in [0.2, 0.25) is 0 Å². The molecule has 2 amide bonds. The van der Waals surface area contributed by atoms with Crippen LogP contribution in [0.4, 0.5) is 18.0 Å². The maximum absolute atomic E-state index is 10.6. The zero-order valence-corrected chi connectivity index (χ0v) is 11.0. The largest absolute Gasteiger partial charge is 0.490 e. The number of hydrogen-bond acceptors (Lipinski definition) is 3. The maximum Gasteiger partial charge on any atom is 0.490 e. The Labute approximate surface area is 118 Å². The third kappa shape index (κ3) is 9.27. The predicted molar refractivity (Wildman–Crippen MR) is 69.3 cm³/mol. The van der Waals surface area contributed by atoms with Gasteiger partial charge in [0.1, 0.15) is 0 Å². The summed E-state index contributed by atoms with van der Waals surface area (Å²) >= 11 is 0. The van der Waals surface area contributed by atoms with Gasteiger partial charge in [-0.15, -0.1) is 0 Å². The topological polar surface area (TPSA) is 118 Å². The van der Waals surface area contributed by atoms with E-state index in [1.165, 1.54) is 0 Å². The number of nitrogens with two attached hydrogens (primary N) is 2. The Balaban J connectivity index is 0.000000486. The number of halogens is 3. The van der Waals surface area contributed by atoms with Crippen molar-refractivity contribution in [2.75, 3.05) is 6.54 Å². The molecule has 1 rings (SSSR count). The third-order valence-corrected chi connectivity index (χ3v) is 2.21.